The van der Waals surface area contributed by atoms with Crippen LogP contribution in [0.4, 0.5) is 5.82 Å². The molecule has 0 fully saturated rings. The van der Waals surface area contributed by atoms with Gasteiger partial charge in [-0.2, -0.15) is 0 Å². The molecular formula is C22H29N5O. The molecule has 0 radical (unpaired) electrons. The summed E-state index contributed by atoms with van der Waals surface area (Å²) in [5.41, 5.74) is 3.88. The van der Waals surface area contributed by atoms with Crippen LogP contribution < -0.4 is 10.2 Å². The van der Waals surface area contributed by atoms with Crippen molar-refractivity contribution < 1.29 is 4.79 Å². The summed E-state index contributed by atoms with van der Waals surface area (Å²) in [5, 5.41) is 3.05. The van der Waals surface area contributed by atoms with Crippen LogP contribution in [0.25, 0.3) is 22.2 Å². The maximum Gasteiger partial charge on any atom is 0.240 e. The van der Waals surface area contributed by atoms with Crippen LogP contribution in [0.3, 0.4) is 0 Å². The molecule has 0 saturated heterocycles. The summed E-state index contributed by atoms with van der Waals surface area (Å²) in [6.07, 6.45) is 4.55. The normalized spacial score (nSPS) is 12.1. The summed E-state index contributed by atoms with van der Waals surface area (Å²) < 4.78 is 1.99. The Bertz CT molecular complexity index is 931. The van der Waals surface area contributed by atoms with Gasteiger partial charge in [0, 0.05) is 30.9 Å². The molecule has 0 bridgehead atoms. The summed E-state index contributed by atoms with van der Waals surface area (Å²) in [4.78, 5) is 23.9. The van der Waals surface area contributed by atoms with Crippen LogP contribution in [0.5, 0.6) is 0 Å². The fourth-order valence-corrected chi connectivity index (χ4v) is 3.40. The van der Waals surface area contributed by atoms with E-state index in [1.807, 2.05) is 35.9 Å². The van der Waals surface area contributed by atoms with Gasteiger partial charge < -0.3 is 14.8 Å². The minimum absolute atomic E-state index is 0.000196. The van der Waals surface area contributed by atoms with Crippen molar-refractivity contribution in [1.82, 2.24) is 19.9 Å². The van der Waals surface area contributed by atoms with Crippen LogP contribution in [0.1, 0.15) is 34.1 Å². The molecule has 1 amide bonds. The second-order valence-corrected chi connectivity index (χ2v) is 6.98. The Labute approximate surface area is 166 Å². The minimum atomic E-state index is 0.000196. The van der Waals surface area contributed by atoms with Crippen molar-refractivity contribution in [2.75, 3.05) is 18.0 Å². The third-order valence-corrected chi connectivity index (χ3v) is 5.11. The van der Waals surface area contributed by atoms with E-state index in [0.717, 1.165) is 47.5 Å². The van der Waals surface area contributed by atoms with Crippen LogP contribution in [0, 0.1) is 0 Å². The first-order valence-corrected chi connectivity index (χ1v) is 10.0. The number of hydrogen-bond donors (Lipinski definition) is 1. The maximum atomic E-state index is 12.6. The Morgan fingerprint density at radius 3 is 2.50 bits per heavy atom. The average Bonchev–Trinajstić information content (AvgIpc) is 3.08. The van der Waals surface area contributed by atoms with Gasteiger partial charge in [0.2, 0.25) is 5.91 Å². The van der Waals surface area contributed by atoms with E-state index >= 15 is 0 Å². The van der Waals surface area contributed by atoms with E-state index in [4.69, 9.17) is 0 Å². The van der Waals surface area contributed by atoms with Gasteiger partial charge in [-0.1, -0.05) is 37.3 Å². The lowest BCUT2D eigenvalue weighted by Gasteiger charge is -2.21. The number of nitrogens with zero attached hydrogens (tertiary/aromatic N) is 4. The molecule has 1 aromatic carbocycles. The zero-order chi connectivity index (χ0) is 20.1. The standard InChI is InChI=1S/C22H29N5O/c1-5-16(4)25-19(28)14-27-13-18(17-11-9-8-10-12-17)20-21(27)22(24-15-23-20)26(6-2)7-3/h8-13,15-16H,5-7,14H2,1-4H3,(H,25,28)/t16-/m0/s1. The van der Waals surface area contributed by atoms with E-state index < -0.39 is 0 Å². The highest BCUT2D eigenvalue weighted by Crippen LogP contribution is 2.33. The number of fused-ring (bicyclic) bond motifs is 1. The average molecular weight is 380 g/mol. The molecule has 2 aromatic heterocycles. The van der Waals surface area contributed by atoms with E-state index in [1.54, 1.807) is 6.33 Å². The van der Waals surface area contributed by atoms with Gasteiger partial charge in [0.1, 0.15) is 23.9 Å². The predicted octanol–water partition coefficient (Wildman–Crippen LogP) is 3.86. The van der Waals surface area contributed by atoms with Gasteiger partial charge in [-0.25, -0.2) is 9.97 Å². The van der Waals surface area contributed by atoms with Gasteiger partial charge in [-0.15, -0.1) is 0 Å². The highest BCUT2D eigenvalue weighted by molar-refractivity contribution is 5.99. The Kier molecular flexibility index (Phi) is 6.29. The van der Waals surface area contributed by atoms with Gasteiger partial charge in [0.25, 0.3) is 0 Å². The third-order valence-electron chi connectivity index (χ3n) is 5.11. The molecule has 6 heteroatoms. The van der Waals surface area contributed by atoms with Crippen LogP contribution in [-0.4, -0.2) is 39.6 Å². The number of carbonyl (C=O) groups is 1. The largest absolute Gasteiger partial charge is 0.355 e. The number of anilines is 1. The van der Waals surface area contributed by atoms with Gasteiger partial charge in [-0.05, 0) is 32.8 Å². The highest BCUT2D eigenvalue weighted by Gasteiger charge is 2.20. The Morgan fingerprint density at radius 1 is 1.14 bits per heavy atom. The smallest absolute Gasteiger partial charge is 0.240 e. The van der Waals surface area contributed by atoms with Crippen molar-refractivity contribution in [2.24, 2.45) is 0 Å². The lowest BCUT2D eigenvalue weighted by Crippen LogP contribution is -2.34. The Morgan fingerprint density at radius 2 is 1.86 bits per heavy atom. The molecule has 0 aliphatic rings. The highest BCUT2D eigenvalue weighted by atomic mass is 16.2. The van der Waals surface area contributed by atoms with Crippen molar-refractivity contribution in [1.29, 1.82) is 0 Å². The monoisotopic (exact) mass is 379 g/mol. The third kappa shape index (κ3) is 4.01. The molecule has 0 unspecified atom stereocenters. The maximum absolute atomic E-state index is 12.6. The second-order valence-electron chi connectivity index (χ2n) is 6.98. The second kappa shape index (κ2) is 8.87. The number of hydrogen-bond acceptors (Lipinski definition) is 4. The first-order chi connectivity index (χ1) is 13.6. The van der Waals surface area contributed by atoms with Gasteiger partial charge in [0.15, 0.2) is 5.82 Å². The lowest BCUT2D eigenvalue weighted by atomic mass is 10.1. The predicted molar refractivity (Wildman–Crippen MR) is 114 cm³/mol. The molecule has 28 heavy (non-hydrogen) atoms. The number of benzene rings is 1. The fraction of sp³-hybridized carbons (Fsp3) is 0.409. The molecule has 0 spiro atoms. The van der Waals surface area contributed by atoms with E-state index in [1.165, 1.54) is 0 Å². The van der Waals surface area contributed by atoms with Crippen LogP contribution >= 0.6 is 0 Å². The van der Waals surface area contributed by atoms with Crippen LogP contribution in [-0.2, 0) is 11.3 Å². The van der Waals surface area contributed by atoms with Gasteiger partial charge >= 0.3 is 0 Å². The van der Waals surface area contributed by atoms with Crippen molar-refractivity contribution in [3.8, 4) is 11.1 Å². The van der Waals surface area contributed by atoms with E-state index in [-0.39, 0.29) is 18.5 Å². The molecule has 0 aliphatic heterocycles. The number of amides is 1. The summed E-state index contributed by atoms with van der Waals surface area (Å²) in [5.74, 6) is 0.869. The van der Waals surface area contributed by atoms with Gasteiger partial charge in [-0.3, -0.25) is 4.79 Å². The Hall–Kier alpha value is -2.89. The van der Waals surface area contributed by atoms with E-state index in [2.05, 4.69) is 53.1 Å². The van der Waals surface area contributed by atoms with Crippen molar-refractivity contribution in [2.45, 2.75) is 46.7 Å². The topological polar surface area (TPSA) is 63.1 Å². The lowest BCUT2D eigenvalue weighted by molar-refractivity contribution is -0.122. The Balaban J connectivity index is 2.14. The molecule has 0 saturated carbocycles. The fourth-order valence-electron chi connectivity index (χ4n) is 3.40. The molecule has 1 atom stereocenters. The quantitative estimate of drug-likeness (QED) is 0.645. The number of rotatable bonds is 8. The first kappa shape index (κ1) is 19.9. The van der Waals surface area contributed by atoms with Crippen molar-refractivity contribution in [3.05, 3.63) is 42.9 Å². The van der Waals surface area contributed by atoms with Crippen LogP contribution in [0.2, 0.25) is 0 Å². The van der Waals surface area contributed by atoms with Crippen LogP contribution in [0.15, 0.2) is 42.9 Å². The zero-order valence-electron chi connectivity index (χ0n) is 17.1. The molecule has 3 rings (SSSR count). The number of carbonyl (C=O) groups excluding carboxylic acids is 1. The zero-order valence-corrected chi connectivity index (χ0v) is 17.1. The molecule has 3 aromatic rings. The molecule has 148 valence electrons. The molecule has 0 aliphatic carbocycles. The summed E-state index contributed by atoms with van der Waals surface area (Å²) in [6, 6.07) is 10.3. The molecule has 2 heterocycles. The number of nitrogens with one attached hydrogen (secondary N) is 1. The summed E-state index contributed by atoms with van der Waals surface area (Å²) >= 11 is 0. The molecular weight excluding hydrogens is 350 g/mol. The molecule has 6 nitrogen and oxygen atoms in total. The number of aromatic nitrogens is 3. The minimum Gasteiger partial charge on any atom is -0.355 e. The first-order valence-electron chi connectivity index (χ1n) is 10.0. The SMILES string of the molecule is CC[C@H](C)NC(=O)Cn1cc(-c2ccccc2)c2ncnc(N(CC)CC)c21. The summed E-state index contributed by atoms with van der Waals surface area (Å²) in [7, 11) is 0. The van der Waals surface area contributed by atoms with Crippen molar-refractivity contribution >= 4 is 22.8 Å². The molecule has 1 N–H and O–H groups in total. The van der Waals surface area contributed by atoms with Gasteiger partial charge in [0.05, 0.1) is 0 Å². The van der Waals surface area contributed by atoms with E-state index in [0.29, 0.717) is 0 Å². The van der Waals surface area contributed by atoms with E-state index in [9.17, 15) is 4.79 Å². The van der Waals surface area contributed by atoms with Crippen molar-refractivity contribution in [3.63, 3.8) is 0 Å². The summed E-state index contributed by atoms with van der Waals surface area (Å²) in [6.45, 7) is 10.2.